The molecule has 1 fully saturated rings. The Morgan fingerprint density at radius 1 is 1.25 bits per heavy atom. The third kappa shape index (κ3) is 5.36. The first-order valence-corrected chi connectivity index (χ1v) is 8.73. The molecule has 1 heterocycles. The zero-order chi connectivity index (χ0) is 17.8. The molecule has 0 unspecified atom stereocenters. The molecule has 2 rings (SSSR count). The van der Waals surface area contributed by atoms with Gasteiger partial charge >= 0.3 is 6.09 Å². The molecule has 1 saturated heterocycles. The number of benzene rings is 1. The maximum atomic E-state index is 12.3. The number of hydrogen-bond donors (Lipinski definition) is 0. The molecule has 4 nitrogen and oxygen atoms in total. The van der Waals surface area contributed by atoms with Crippen LogP contribution < -0.4 is 0 Å². The van der Waals surface area contributed by atoms with Crippen LogP contribution >= 0.6 is 0 Å². The third-order valence-electron chi connectivity index (χ3n) is 4.18. The molecular weight excluding hydrogens is 300 g/mol. The Morgan fingerprint density at radius 2 is 1.92 bits per heavy atom. The predicted molar refractivity (Wildman–Crippen MR) is 98.7 cm³/mol. The van der Waals surface area contributed by atoms with Crippen LogP contribution in [0.3, 0.4) is 0 Å². The van der Waals surface area contributed by atoms with E-state index in [0.717, 1.165) is 19.4 Å². The summed E-state index contributed by atoms with van der Waals surface area (Å²) in [5.41, 5.74) is 1.96. The smallest absolute Gasteiger partial charge is 0.410 e. The van der Waals surface area contributed by atoms with Gasteiger partial charge in [-0.05, 0) is 32.8 Å². The van der Waals surface area contributed by atoms with Gasteiger partial charge in [-0.25, -0.2) is 4.79 Å². The topological polar surface area (TPSA) is 41.9 Å². The van der Waals surface area contributed by atoms with Gasteiger partial charge in [0.25, 0.3) is 0 Å². The van der Waals surface area contributed by atoms with Crippen LogP contribution in [0.5, 0.6) is 0 Å². The van der Waals surface area contributed by atoms with Gasteiger partial charge < -0.3 is 9.64 Å². The summed E-state index contributed by atoms with van der Waals surface area (Å²) in [6, 6.07) is 10.4. The summed E-state index contributed by atoms with van der Waals surface area (Å²) in [4.78, 5) is 18.9. The molecule has 1 aliphatic heterocycles. The predicted octanol–water partition coefficient (Wildman–Crippen LogP) is 4.34. The van der Waals surface area contributed by atoms with Gasteiger partial charge in [-0.2, -0.15) is 0 Å². The van der Waals surface area contributed by atoms with Crippen molar-refractivity contribution in [2.24, 2.45) is 10.4 Å². The van der Waals surface area contributed by atoms with Crippen LogP contribution in [0, 0.1) is 5.41 Å². The molecule has 0 N–H and O–H groups in total. The molecule has 1 aromatic rings. The normalized spacial score (nSPS) is 19.4. The van der Waals surface area contributed by atoms with Crippen molar-refractivity contribution in [3.05, 3.63) is 35.9 Å². The maximum absolute atomic E-state index is 12.3. The van der Waals surface area contributed by atoms with Crippen LogP contribution in [0.25, 0.3) is 0 Å². The van der Waals surface area contributed by atoms with E-state index in [4.69, 9.17) is 9.73 Å². The first-order chi connectivity index (χ1) is 11.2. The fourth-order valence-electron chi connectivity index (χ4n) is 2.97. The second-order valence-corrected chi connectivity index (χ2v) is 8.10. The highest BCUT2D eigenvalue weighted by molar-refractivity contribution is 5.91. The molecule has 0 aromatic heterocycles. The number of hydrogen-bond acceptors (Lipinski definition) is 3. The van der Waals surface area contributed by atoms with E-state index in [-0.39, 0.29) is 11.5 Å². The SMILES string of the molecule is CC(C)(C)OC(=O)N1CCC(=NCCc2ccccc2)C(C)(C)C1. The second-order valence-electron chi connectivity index (χ2n) is 8.10. The van der Waals surface area contributed by atoms with Gasteiger partial charge in [0.2, 0.25) is 0 Å². The molecule has 0 bridgehead atoms. The molecule has 4 heteroatoms. The number of nitrogens with zero attached hydrogens (tertiary/aromatic N) is 2. The summed E-state index contributed by atoms with van der Waals surface area (Å²) in [6.07, 6.45) is 1.55. The summed E-state index contributed by atoms with van der Waals surface area (Å²) in [5, 5.41) is 0. The van der Waals surface area contributed by atoms with Gasteiger partial charge in [0, 0.05) is 37.2 Å². The Morgan fingerprint density at radius 3 is 2.50 bits per heavy atom. The highest BCUT2D eigenvalue weighted by atomic mass is 16.6. The van der Waals surface area contributed by atoms with Crippen LogP contribution in [0.15, 0.2) is 35.3 Å². The van der Waals surface area contributed by atoms with Gasteiger partial charge in [0.15, 0.2) is 0 Å². The molecule has 0 atom stereocenters. The molecule has 1 aromatic carbocycles. The van der Waals surface area contributed by atoms with Gasteiger partial charge in [0.05, 0.1) is 0 Å². The molecule has 1 aliphatic rings. The zero-order valence-corrected chi connectivity index (χ0v) is 15.6. The van der Waals surface area contributed by atoms with E-state index in [0.29, 0.717) is 13.1 Å². The lowest BCUT2D eigenvalue weighted by Gasteiger charge is -2.39. The van der Waals surface area contributed by atoms with Crippen molar-refractivity contribution in [3.8, 4) is 0 Å². The number of rotatable bonds is 3. The van der Waals surface area contributed by atoms with Crippen LogP contribution in [0.4, 0.5) is 4.79 Å². The minimum absolute atomic E-state index is 0.105. The monoisotopic (exact) mass is 330 g/mol. The molecule has 0 spiro atoms. The third-order valence-corrected chi connectivity index (χ3v) is 4.18. The van der Waals surface area contributed by atoms with E-state index in [2.05, 4.69) is 38.1 Å². The van der Waals surface area contributed by atoms with Gasteiger partial charge in [0.1, 0.15) is 5.60 Å². The van der Waals surface area contributed by atoms with Crippen molar-refractivity contribution in [2.75, 3.05) is 19.6 Å². The molecule has 132 valence electrons. The number of carbonyl (C=O) groups excluding carboxylic acids is 1. The minimum Gasteiger partial charge on any atom is -0.444 e. The number of ether oxygens (including phenoxy) is 1. The van der Waals surface area contributed by atoms with Gasteiger partial charge in [-0.15, -0.1) is 0 Å². The fraction of sp³-hybridized carbons (Fsp3) is 0.600. The van der Waals surface area contributed by atoms with Crippen molar-refractivity contribution in [1.29, 1.82) is 0 Å². The number of piperidine rings is 1. The van der Waals surface area contributed by atoms with E-state index in [1.54, 1.807) is 0 Å². The summed E-state index contributed by atoms with van der Waals surface area (Å²) >= 11 is 0. The van der Waals surface area contributed by atoms with Crippen molar-refractivity contribution in [3.63, 3.8) is 0 Å². The number of amides is 1. The van der Waals surface area contributed by atoms with Crippen LogP contribution in [-0.4, -0.2) is 41.9 Å². The lowest BCUT2D eigenvalue weighted by atomic mass is 9.82. The summed E-state index contributed by atoms with van der Waals surface area (Å²) < 4.78 is 5.49. The largest absolute Gasteiger partial charge is 0.444 e. The summed E-state index contributed by atoms with van der Waals surface area (Å²) in [7, 11) is 0. The van der Waals surface area contributed by atoms with E-state index >= 15 is 0 Å². The molecule has 0 saturated carbocycles. The van der Waals surface area contributed by atoms with E-state index in [1.165, 1.54) is 11.3 Å². The van der Waals surface area contributed by atoms with Gasteiger partial charge in [-0.3, -0.25) is 4.99 Å². The highest BCUT2D eigenvalue weighted by Crippen LogP contribution is 2.28. The van der Waals surface area contributed by atoms with Crippen LogP contribution in [0.2, 0.25) is 0 Å². The summed E-state index contributed by atoms with van der Waals surface area (Å²) in [5.74, 6) is 0. The van der Waals surface area contributed by atoms with E-state index in [1.807, 2.05) is 31.7 Å². The van der Waals surface area contributed by atoms with E-state index in [9.17, 15) is 4.79 Å². The zero-order valence-electron chi connectivity index (χ0n) is 15.6. The Hall–Kier alpha value is -1.84. The molecular formula is C20H30N2O2. The van der Waals surface area contributed by atoms with Crippen LogP contribution in [-0.2, 0) is 11.2 Å². The molecule has 0 aliphatic carbocycles. The van der Waals surface area contributed by atoms with Gasteiger partial charge in [-0.1, -0.05) is 44.2 Å². The fourth-order valence-corrected chi connectivity index (χ4v) is 2.97. The second kappa shape index (κ2) is 7.37. The average molecular weight is 330 g/mol. The maximum Gasteiger partial charge on any atom is 0.410 e. The first-order valence-electron chi connectivity index (χ1n) is 8.73. The number of likely N-dealkylation sites (tertiary alicyclic amines) is 1. The lowest BCUT2D eigenvalue weighted by molar-refractivity contribution is 0.0192. The van der Waals surface area contributed by atoms with Crippen molar-refractivity contribution < 1.29 is 9.53 Å². The van der Waals surface area contributed by atoms with E-state index < -0.39 is 5.60 Å². The molecule has 1 amide bonds. The van der Waals surface area contributed by atoms with Crippen molar-refractivity contribution in [1.82, 2.24) is 4.90 Å². The lowest BCUT2D eigenvalue weighted by Crippen LogP contribution is -2.50. The Balaban J connectivity index is 1.93. The summed E-state index contributed by atoms with van der Waals surface area (Å²) in [6.45, 7) is 12.2. The quantitative estimate of drug-likeness (QED) is 0.827. The standard InChI is InChI=1S/C20H30N2O2/c1-19(2,3)24-18(23)22-14-12-17(20(4,5)15-22)21-13-11-16-9-7-6-8-10-16/h6-10H,11-15H2,1-5H3. The average Bonchev–Trinajstić information content (AvgIpc) is 2.47. The molecule has 0 radical (unpaired) electrons. The first kappa shape index (κ1) is 18.5. The number of carbonyl (C=O) groups is 1. The molecule has 24 heavy (non-hydrogen) atoms. The minimum atomic E-state index is -0.453. The Kier molecular flexibility index (Phi) is 5.68. The Labute approximate surface area is 145 Å². The highest BCUT2D eigenvalue weighted by Gasteiger charge is 2.36. The number of aliphatic imine (C=N–C) groups is 1. The van der Waals surface area contributed by atoms with Crippen LogP contribution in [0.1, 0.15) is 46.6 Å². The van der Waals surface area contributed by atoms with Crippen molar-refractivity contribution in [2.45, 2.75) is 53.1 Å². The van der Waals surface area contributed by atoms with Crippen molar-refractivity contribution >= 4 is 11.8 Å². The Bertz CT molecular complexity index is 585.